The molecule has 3 rings (SSSR count). The second-order valence-electron chi connectivity index (χ2n) is 6.62. The molecular weight excluding hydrogens is 435 g/mol. The predicted molar refractivity (Wildman–Crippen MR) is 111 cm³/mol. The van der Waals surface area contributed by atoms with Crippen LogP contribution in [0.3, 0.4) is 0 Å². The Morgan fingerprint density at radius 2 is 2.03 bits per heavy atom. The largest absolute Gasteiger partial charge is 0.403 e. The number of aliphatic imine (C=N–C) groups is 1. The van der Waals surface area contributed by atoms with Gasteiger partial charge in [-0.3, -0.25) is 9.79 Å². The Balaban J connectivity index is 1.63. The van der Waals surface area contributed by atoms with Crippen molar-refractivity contribution in [3.8, 4) is 0 Å². The highest BCUT2D eigenvalue weighted by atomic mass is 35.5. The number of hydrogen-bond donors (Lipinski definition) is 4. The van der Waals surface area contributed by atoms with Gasteiger partial charge in [0.25, 0.3) is 0 Å². The Morgan fingerprint density at radius 3 is 2.74 bits per heavy atom. The van der Waals surface area contributed by atoms with Crippen LogP contribution in [0.5, 0.6) is 0 Å². The number of carbonyl (C=O) groups excluding carboxylic acids is 1. The summed E-state index contributed by atoms with van der Waals surface area (Å²) in [5.41, 5.74) is 5.35. The van der Waals surface area contributed by atoms with E-state index in [1.165, 1.54) is 18.6 Å². The lowest BCUT2D eigenvalue weighted by Gasteiger charge is -2.11. The van der Waals surface area contributed by atoms with Gasteiger partial charge in [0.1, 0.15) is 17.4 Å². The second-order valence-corrected chi connectivity index (χ2v) is 7.03. The molecule has 1 aliphatic carbocycles. The fourth-order valence-electron chi connectivity index (χ4n) is 2.43. The van der Waals surface area contributed by atoms with Gasteiger partial charge in [0, 0.05) is 30.6 Å². The van der Waals surface area contributed by atoms with Crippen molar-refractivity contribution in [3.63, 3.8) is 0 Å². The first kappa shape index (κ1) is 22.3. The van der Waals surface area contributed by atoms with Crippen LogP contribution in [0.15, 0.2) is 35.2 Å². The predicted octanol–water partition coefficient (Wildman–Crippen LogP) is 2.72. The van der Waals surface area contributed by atoms with Gasteiger partial charge in [0.15, 0.2) is 17.5 Å². The maximum absolute atomic E-state index is 13.8. The van der Waals surface area contributed by atoms with E-state index in [2.05, 4.69) is 30.9 Å². The standard InChI is InChI=1S/C19H19ClF3N7O/c20-13-8-27-19(29-11(5-24)6-25-9-16(31)28-10-1-2-10)30-18(13)26-7-12-14(21)3-4-15(22)17(12)23/h3-6,8,10H,1-2,7,9,24H2,(H,28,31)(H2,26,27,29,30)/b11-5+,25-6?. The highest BCUT2D eigenvalue weighted by molar-refractivity contribution is 6.32. The molecule has 1 aromatic carbocycles. The molecule has 31 heavy (non-hydrogen) atoms. The Hall–Kier alpha value is -3.34. The number of allylic oxidation sites excluding steroid dienone is 1. The average molecular weight is 454 g/mol. The summed E-state index contributed by atoms with van der Waals surface area (Å²) in [5, 5.41) is 8.30. The molecule has 1 aromatic heterocycles. The third kappa shape index (κ3) is 6.32. The van der Waals surface area contributed by atoms with Crippen molar-refractivity contribution in [2.24, 2.45) is 10.7 Å². The van der Waals surface area contributed by atoms with Gasteiger partial charge >= 0.3 is 0 Å². The number of halogens is 4. The zero-order chi connectivity index (χ0) is 22.4. The van der Waals surface area contributed by atoms with E-state index in [-0.39, 0.29) is 35.3 Å². The quantitative estimate of drug-likeness (QED) is 0.342. The molecule has 8 nitrogen and oxygen atoms in total. The van der Waals surface area contributed by atoms with E-state index in [9.17, 15) is 18.0 Å². The maximum Gasteiger partial charge on any atom is 0.241 e. The number of nitrogens with zero attached hydrogens (tertiary/aromatic N) is 3. The minimum absolute atomic E-state index is 0.0534. The fraction of sp³-hybridized carbons (Fsp3) is 0.263. The highest BCUT2D eigenvalue weighted by Gasteiger charge is 2.22. The monoisotopic (exact) mass is 453 g/mol. The van der Waals surface area contributed by atoms with E-state index in [0.29, 0.717) is 11.8 Å². The first-order chi connectivity index (χ1) is 14.9. The van der Waals surface area contributed by atoms with Crippen LogP contribution in [0.1, 0.15) is 18.4 Å². The zero-order valence-corrected chi connectivity index (χ0v) is 16.9. The molecule has 0 saturated heterocycles. The molecule has 1 heterocycles. The maximum atomic E-state index is 13.8. The number of aromatic nitrogens is 2. The molecule has 5 N–H and O–H groups in total. The van der Waals surface area contributed by atoms with Crippen LogP contribution in [0.25, 0.3) is 0 Å². The molecule has 164 valence electrons. The number of nitrogens with two attached hydrogens (primary N) is 1. The summed E-state index contributed by atoms with van der Waals surface area (Å²) in [5.74, 6) is -3.47. The lowest BCUT2D eigenvalue weighted by molar-refractivity contribution is -0.119. The summed E-state index contributed by atoms with van der Waals surface area (Å²) in [6.07, 6.45) is 5.76. The SMILES string of the molecule is N/C=C(\C=NCC(=O)NC1CC1)Nc1ncc(Cl)c(NCc2c(F)ccc(F)c2F)n1. The van der Waals surface area contributed by atoms with Gasteiger partial charge in [-0.2, -0.15) is 4.98 Å². The first-order valence-corrected chi connectivity index (χ1v) is 9.62. The Bertz CT molecular complexity index is 1030. The van der Waals surface area contributed by atoms with Crippen molar-refractivity contribution in [2.75, 3.05) is 17.2 Å². The van der Waals surface area contributed by atoms with Crippen molar-refractivity contribution < 1.29 is 18.0 Å². The highest BCUT2D eigenvalue weighted by Crippen LogP contribution is 2.22. The Labute approximate surface area is 180 Å². The summed E-state index contributed by atoms with van der Waals surface area (Å²) in [6, 6.07) is 1.77. The summed E-state index contributed by atoms with van der Waals surface area (Å²) in [4.78, 5) is 23.7. The second kappa shape index (κ2) is 10.1. The summed E-state index contributed by atoms with van der Waals surface area (Å²) < 4.78 is 40.9. The van der Waals surface area contributed by atoms with Crippen LogP contribution in [-0.4, -0.2) is 34.7 Å². The van der Waals surface area contributed by atoms with Crippen molar-refractivity contribution >= 4 is 35.5 Å². The molecule has 2 aromatic rings. The number of amides is 1. The van der Waals surface area contributed by atoms with Gasteiger partial charge in [0.05, 0.1) is 11.9 Å². The normalized spacial score (nSPS) is 14.0. The number of nitrogens with one attached hydrogen (secondary N) is 3. The van der Waals surface area contributed by atoms with Crippen molar-refractivity contribution in [2.45, 2.75) is 25.4 Å². The Kier molecular flexibility index (Phi) is 7.29. The third-order valence-electron chi connectivity index (χ3n) is 4.16. The lowest BCUT2D eigenvalue weighted by Crippen LogP contribution is -2.27. The van der Waals surface area contributed by atoms with Gasteiger partial charge in [-0.1, -0.05) is 11.6 Å². The molecule has 0 atom stereocenters. The van der Waals surface area contributed by atoms with E-state index in [0.717, 1.165) is 18.9 Å². The van der Waals surface area contributed by atoms with Gasteiger partial charge < -0.3 is 21.7 Å². The van der Waals surface area contributed by atoms with E-state index in [1.54, 1.807) is 0 Å². The van der Waals surface area contributed by atoms with Crippen LogP contribution >= 0.6 is 11.6 Å². The van der Waals surface area contributed by atoms with Gasteiger partial charge in [-0.25, -0.2) is 18.2 Å². The zero-order valence-electron chi connectivity index (χ0n) is 16.1. The van der Waals surface area contributed by atoms with E-state index >= 15 is 0 Å². The molecule has 1 fully saturated rings. The van der Waals surface area contributed by atoms with E-state index in [1.807, 2.05) is 0 Å². The molecule has 0 radical (unpaired) electrons. The average Bonchev–Trinajstić information content (AvgIpc) is 3.56. The van der Waals surface area contributed by atoms with Crippen LogP contribution in [0, 0.1) is 17.5 Å². The number of anilines is 2. The minimum Gasteiger partial charge on any atom is -0.403 e. The van der Waals surface area contributed by atoms with Crippen LogP contribution in [0.4, 0.5) is 24.9 Å². The van der Waals surface area contributed by atoms with Crippen LogP contribution in [-0.2, 0) is 11.3 Å². The van der Waals surface area contributed by atoms with Gasteiger partial charge in [-0.15, -0.1) is 0 Å². The molecule has 1 saturated carbocycles. The van der Waals surface area contributed by atoms with E-state index < -0.39 is 29.6 Å². The molecule has 1 amide bonds. The first-order valence-electron chi connectivity index (χ1n) is 9.24. The smallest absolute Gasteiger partial charge is 0.241 e. The number of benzene rings is 1. The van der Waals surface area contributed by atoms with Gasteiger partial charge in [-0.05, 0) is 25.0 Å². The van der Waals surface area contributed by atoms with E-state index in [4.69, 9.17) is 17.3 Å². The van der Waals surface area contributed by atoms with Crippen LogP contribution < -0.4 is 21.7 Å². The van der Waals surface area contributed by atoms with Crippen LogP contribution in [0.2, 0.25) is 5.02 Å². The molecule has 0 spiro atoms. The minimum atomic E-state index is -1.30. The molecule has 12 heteroatoms. The fourth-order valence-corrected chi connectivity index (χ4v) is 2.59. The Morgan fingerprint density at radius 1 is 1.29 bits per heavy atom. The van der Waals surface area contributed by atoms with Crippen molar-refractivity contribution in [3.05, 3.63) is 58.3 Å². The number of rotatable bonds is 9. The van der Waals surface area contributed by atoms with Crippen molar-refractivity contribution in [1.82, 2.24) is 15.3 Å². The summed E-state index contributed by atoms with van der Waals surface area (Å²) >= 11 is 6.02. The van der Waals surface area contributed by atoms with Gasteiger partial charge in [0.2, 0.25) is 11.9 Å². The molecule has 0 aliphatic heterocycles. The summed E-state index contributed by atoms with van der Waals surface area (Å²) in [6.45, 7) is -0.461. The van der Waals surface area contributed by atoms with Crippen molar-refractivity contribution in [1.29, 1.82) is 0 Å². The molecule has 0 unspecified atom stereocenters. The molecule has 0 bridgehead atoms. The summed E-state index contributed by atoms with van der Waals surface area (Å²) in [7, 11) is 0. The molecule has 1 aliphatic rings. The topological polar surface area (TPSA) is 117 Å². The number of hydrogen-bond acceptors (Lipinski definition) is 7. The third-order valence-corrected chi connectivity index (χ3v) is 4.44. The molecular formula is C19H19ClF3N7O. The lowest BCUT2D eigenvalue weighted by atomic mass is 10.2. The number of carbonyl (C=O) groups is 1.